The van der Waals surface area contributed by atoms with E-state index in [-0.39, 0.29) is 16.8 Å². The number of Topliss-reactive ketones (excluding diaryl/α,β-unsaturated/α-hetero) is 1. The number of non-ortho nitro benzene ring substituents is 1. The molecule has 8 heteroatoms. The lowest BCUT2D eigenvalue weighted by Crippen LogP contribution is -2.14. The van der Waals surface area contributed by atoms with Crippen molar-refractivity contribution in [3.8, 4) is 11.4 Å². The molecule has 0 aliphatic carbocycles. The van der Waals surface area contributed by atoms with Crippen LogP contribution in [0, 0.1) is 10.1 Å². The Hall–Kier alpha value is -3.81. The summed E-state index contributed by atoms with van der Waals surface area (Å²) in [6.07, 6.45) is 3.31. The van der Waals surface area contributed by atoms with Crippen LogP contribution in [0.25, 0.3) is 11.4 Å². The van der Waals surface area contributed by atoms with Gasteiger partial charge in [-0.3, -0.25) is 14.9 Å². The third-order valence-corrected chi connectivity index (χ3v) is 3.61. The SMILES string of the molecule is O=C(COC(=O)c1ccc(-c2ncc[nH]2)cc1)c1cccc([N+](=O)[O-])c1. The molecule has 1 heterocycles. The van der Waals surface area contributed by atoms with Gasteiger partial charge in [0.2, 0.25) is 5.78 Å². The second-order valence-corrected chi connectivity index (χ2v) is 5.32. The molecule has 8 nitrogen and oxygen atoms in total. The van der Waals surface area contributed by atoms with Gasteiger partial charge in [0, 0.05) is 35.7 Å². The molecule has 3 rings (SSSR count). The molecule has 0 atom stereocenters. The molecule has 0 spiro atoms. The number of aromatic nitrogens is 2. The second kappa shape index (κ2) is 7.39. The van der Waals surface area contributed by atoms with E-state index in [1.165, 1.54) is 18.2 Å². The molecule has 0 saturated carbocycles. The van der Waals surface area contributed by atoms with Gasteiger partial charge in [0.15, 0.2) is 6.61 Å². The maximum absolute atomic E-state index is 12.1. The first kappa shape index (κ1) is 17.0. The van der Waals surface area contributed by atoms with Crippen molar-refractivity contribution in [2.24, 2.45) is 0 Å². The fourth-order valence-corrected chi connectivity index (χ4v) is 2.28. The molecule has 0 aliphatic heterocycles. The fourth-order valence-electron chi connectivity index (χ4n) is 2.28. The molecule has 0 unspecified atom stereocenters. The number of aromatic amines is 1. The summed E-state index contributed by atoms with van der Waals surface area (Å²) in [5.41, 5.74) is 1.00. The van der Waals surface area contributed by atoms with E-state index in [2.05, 4.69) is 9.97 Å². The van der Waals surface area contributed by atoms with Gasteiger partial charge in [-0.2, -0.15) is 0 Å². The molecule has 26 heavy (non-hydrogen) atoms. The van der Waals surface area contributed by atoms with Crippen LogP contribution in [-0.2, 0) is 4.74 Å². The average Bonchev–Trinajstić information content (AvgIpc) is 3.21. The van der Waals surface area contributed by atoms with Gasteiger partial charge in [-0.1, -0.05) is 24.3 Å². The Kier molecular flexibility index (Phi) is 4.84. The van der Waals surface area contributed by atoms with Gasteiger partial charge in [-0.15, -0.1) is 0 Å². The van der Waals surface area contributed by atoms with Crippen LogP contribution in [0.4, 0.5) is 5.69 Å². The van der Waals surface area contributed by atoms with Crippen molar-refractivity contribution in [3.05, 3.63) is 82.2 Å². The Morgan fingerprint density at radius 2 is 1.88 bits per heavy atom. The highest BCUT2D eigenvalue weighted by molar-refractivity contribution is 5.99. The minimum atomic E-state index is -0.658. The lowest BCUT2D eigenvalue weighted by atomic mass is 10.1. The van der Waals surface area contributed by atoms with E-state index in [1.807, 2.05) is 0 Å². The number of nitrogens with one attached hydrogen (secondary N) is 1. The number of esters is 1. The zero-order chi connectivity index (χ0) is 18.5. The molecular formula is C18H13N3O5. The molecule has 1 aromatic heterocycles. The van der Waals surface area contributed by atoms with Crippen LogP contribution in [-0.4, -0.2) is 33.3 Å². The van der Waals surface area contributed by atoms with E-state index in [4.69, 9.17) is 4.74 Å². The molecule has 0 bridgehead atoms. The third-order valence-electron chi connectivity index (χ3n) is 3.61. The highest BCUT2D eigenvalue weighted by Gasteiger charge is 2.15. The highest BCUT2D eigenvalue weighted by Crippen LogP contribution is 2.16. The van der Waals surface area contributed by atoms with E-state index < -0.39 is 23.3 Å². The van der Waals surface area contributed by atoms with Crippen LogP contribution >= 0.6 is 0 Å². The molecule has 0 radical (unpaired) electrons. The number of hydrogen-bond acceptors (Lipinski definition) is 6. The molecule has 0 amide bonds. The van der Waals surface area contributed by atoms with Crippen molar-refractivity contribution in [1.29, 1.82) is 0 Å². The van der Waals surface area contributed by atoms with Crippen LogP contribution in [0.2, 0.25) is 0 Å². The molecule has 0 aliphatic rings. The molecule has 1 N–H and O–H groups in total. The van der Waals surface area contributed by atoms with Crippen LogP contribution in [0.1, 0.15) is 20.7 Å². The summed E-state index contributed by atoms with van der Waals surface area (Å²) in [5, 5.41) is 10.7. The summed E-state index contributed by atoms with van der Waals surface area (Å²) < 4.78 is 4.99. The maximum atomic E-state index is 12.1. The van der Waals surface area contributed by atoms with Gasteiger partial charge in [0.1, 0.15) is 5.82 Å². The van der Waals surface area contributed by atoms with E-state index in [0.29, 0.717) is 5.82 Å². The van der Waals surface area contributed by atoms with E-state index >= 15 is 0 Å². The summed E-state index contributed by atoms with van der Waals surface area (Å²) in [5.74, 6) is -0.505. The summed E-state index contributed by atoms with van der Waals surface area (Å²) in [4.78, 5) is 41.3. The molecule has 2 aromatic carbocycles. The first-order chi connectivity index (χ1) is 12.5. The number of nitrogens with zero attached hydrogens (tertiary/aromatic N) is 2. The lowest BCUT2D eigenvalue weighted by molar-refractivity contribution is -0.384. The number of ketones is 1. The van der Waals surface area contributed by atoms with Gasteiger partial charge in [0.05, 0.1) is 10.5 Å². The number of rotatable bonds is 6. The topological polar surface area (TPSA) is 115 Å². The summed E-state index contributed by atoms with van der Waals surface area (Å²) in [7, 11) is 0. The number of carbonyl (C=O) groups is 2. The first-order valence-corrected chi connectivity index (χ1v) is 7.59. The Bertz CT molecular complexity index is 949. The van der Waals surface area contributed by atoms with Gasteiger partial charge < -0.3 is 9.72 Å². The van der Waals surface area contributed by atoms with Crippen LogP contribution in [0.15, 0.2) is 60.9 Å². The quantitative estimate of drug-likeness (QED) is 0.316. The largest absolute Gasteiger partial charge is 0.454 e. The number of imidazole rings is 1. The number of carbonyl (C=O) groups excluding carboxylic acids is 2. The molecular weight excluding hydrogens is 338 g/mol. The van der Waals surface area contributed by atoms with Gasteiger partial charge in [-0.25, -0.2) is 9.78 Å². The van der Waals surface area contributed by atoms with Gasteiger partial charge >= 0.3 is 5.97 Å². The third kappa shape index (κ3) is 3.81. The standard InChI is InChI=1S/C18H13N3O5/c22-16(14-2-1-3-15(10-14)21(24)25)11-26-18(23)13-6-4-12(5-7-13)17-19-8-9-20-17/h1-10H,11H2,(H,19,20). The second-order valence-electron chi connectivity index (χ2n) is 5.32. The normalized spacial score (nSPS) is 10.3. The maximum Gasteiger partial charge on any atom is 0.338 e. The predicted molar refractivity (Wildman–Crippen MR) is 91.7 cm³/mol. The average molecular weight is 351 g/mol. The highest BCUT2D eigenvalue weighted by atomic mass is 16.6. The number of H-pyrrole nitrogens is 1. The molecule has 130 valence electrons. The molecule has 0 fully saturated rings. The van der Waals surface area contributed by atoms with Gasteiger partial charge in [0.25, 0.3) is 5.69 Å². The number of hydrogen-bond donors (Lipinski definition) is 1. The van der Waals surface area contributed by atoms with Crippen molar-refractivity contribution < 1.29 is 19.2 Å². The number of nitro benzene ring substituents is 1. The van der Waals surface area contributed by atoms with Crippen LogP contribution in [0.3, 0.4) is 0 Å². The number of nitro groups is 1. The molecule has 0 saturated heterocycles. The van der Waals surface area contributed by atoms with Crippen LogP contribution < -0.4 is 0 Å². The lowest BCUT2D eigenvalue weighted by Gasteiger charge is -2.05. The van der Waals surface area contributed by atoms with Crippen molar-refractivity contribution in [2.45, 2.75) is 0 Å². The fraction of sp³-hybridized carbons (Fsp3) is 0.0556. The van der Waals surface area contributed by atoms with Gasteiger partial charge in [-0.05, 0) is 12.1 Å². The van der Waals surface area contributed by atoms with E-state index in [9.17, 15) is 19.7 Å². The minimum Gasteiger partial charge on any atom is -0.454 e. The Morgan fingerprint density at radius 3 is 2.54 bits per heavy atom. The van der Waals surface area contributed by atoms with Crippen LogP contribution in [0.5, 0.6) is 0 Å². The van der Waals surface area contributed by atoms with Crippen molar-refractivity contribution in [2.75, 3.05) is 6.61 Å². The zero-order valence-corrected chi connectivity index (χ0v) is 13.4. The Morgan fingerprint density at radius 1 is 1.12 bits per heavy atom. The van der Waals surface area contributed by atoms with E-state index in [1.54, 1.807) is 36.7 Å². The summed E-state index contributed by atoms with van der Waals surface area (Å²) in [6.45, 7) is -0.500. The van der Waals surface area contributed by atoms with Crippen molar-refractivity contribution in [3.63, 3.8) is 0 Å². The predicted octanol–water partition coefficient (Wildman–Crippen LogP) is 3.02. The zero-order valence-electron chi connectivity index (χ0n) is 13.4. The van der Waals surface area contributed by atoms with Crippen molar-refractivity contribution in [1.82, 2.24) is 9.97 Å². The smallest absolute Gasteiger partial charge is 0.338 e. The minimum absolute atomic E-state index is 0.111. The Labute approximate surface area is 147 Å². The Balaban J connectivity index is 1.62. The monoisotopic (exact) mass is 351 g/mol. The van der Waals surface area contributed by atoms with E-state index in [0.717, 1.165) is 11.6 Å². The summed E-state index contributed by atoms with van der Waals surface area (Å²) >= 11 is 0. The number of benzene rings is 2. The first-order valence-electron chi connectivity index (χ1n) is 7.59. The molecule has 3 aromatic rings. The van der Waals surface area contributed by atoms with Crippen molar-refractivity contribution >= 4 is 17.4 Å². The number of ether oxygens (including phenoxy) is 1. The summed E-state index contributed by atoms with van der Waals surface area (Å²) in [6, 6.07) is 11.8.